The first-order chi connectivity index (χ1) is 12.8. The van der Waals surface area contributed by atoms with Crippen LogP contribution in [0.1, 0.15) is 22.3 Å². The zero-order valence-corrected chi connectivity index (χ0v) is 16.0. The van der Waals surface area contributed by atoms with Crippen molar-refractivity contribution in [3.05, 3.63) is 138 Å². The van der Waals surface area contributed by atoms with Crippen LogP contribution >= 0.6 is 13.5 Å². The molecule has 4 aromatic carbocycles. The molecule has 1 nitrogen and oxygen atoms in total. The molecule has 0 heterocycles. The molecule has 0 aliphatic carbocycles. The molecular formula is C25H23NS. The van der Waals surface area contributed by atoms with Crippen molar-refractivity contribution >= 4 is 19.2 Å². The van der Waals surface area contributed by atoms with Crippen LogP contribution in [0, 0.1) is 0 Å². The number of anilines is 1. The molecule has 0 fully saturated rings. The summed E-state index contributed by atoms with van der Waals surface area (Å²) >= 11 is 0. The molecule has 0 saturated carbocycles. The van der Waals surface area contributed by atoms with Gasteiger partial charge in [-0.1, -0.05) is 103 Å². The second kappa shape index (κ2) is 8.15. The molecule has 0 amide bonds. The van der Waals surface area contributed by atoms with Crippen LogP contribution in [0.25, 0.3) is 0 Å². The Labute approximate surface area is 168 Å². The average Bonchev–Trinajstić information content (AvgIpc) is 2.72. The van der Waals surface area contributed by atoms with Crippen LogP contribution in [0.3, 0.4) is 0 Å². The summed E-state index contributed by atoms with van der Waals surface area (Å²) in [5.41, 5.74) is 11.3. The van der Waals surface area contributed by atoms with Crippen molar-refractivity contribution < 1.29 is 0 Å². The second-order valence-corrected chi connectivity index (χ2v) is 6.47. The highest BCUT2D eigenvalue weighted by molar-refractivity contribution is 7.59. The van der Waals surface area contributed by atoms with Crippen LogP contribution in [0.5, 0.6) is 0 Å². The minimum Gasteiger partial charge on any atom is -0.399 e. The van der Waals surface area contributed by atoms with E-state index in [1.807, 2.05) is 12.1 Å². The Bertz CT molecular complexity index is 868. The van der Waals surface area contributed by atoms with Crippen LogP contribution in [0.2, 0.25) is 0 Å². The summed E-state index contributed by atoms with van der Waals surface area (Å²) in [4.78, 5) is 0. The van der Waals surface area contributed by atoms with E-state index in [2.05, 4.69) is 103 Å². The highest BCUT2D eigenvalue weighted by Gasteiger charge is 2.37. The van der Waals surface area contributed by atoms with Gasteiger partial charge in [-0.2, -0.15) is 13.5 Å². The van der Waals surface area contributed by atoms with Crippen LogP contribution in [-0.2, 0) is 5.41 Å². The Kier molecular flexibility index (Phi) is 5.68. The lowest BCUT2D eigenvalue weighted by molar-refractivity contribution is 0.745. The monoisotopic (exact) mass is 369 g/mol. The van der Waals surface area contributed by atoms with Gasteiger partial charge in [-0.3, -0.25) is 0 Å². The summed E-state index contributed by atoms with van der Waals surface area (Å²) in [6.07, 6.45) is 0. The number of rotatable bonds is 4. The molecule has 0 saturated heterocycles. The molecule has 0 aliphatic rings. The topological polar surface area (TPSA) is 26.0 Å². The van der Waals surface area contributed by atoms with Crippen LogP contribution in [-0.4, -0.2) is 0 Å². The molecule has 0 spiro atoms. The van der Waals surface area contributed by atoms with E-state index >= 15 is 0 Å². The van der Waals surface area contributed by atoms with Crippen molar-refractivity contribution in [3.63, 3.8) is 0 Å². The van der Waals surface area contributed by atoms with Gasteiger partial charge in [-0.25, -0.2) is 0 Å². The van der Waals surface area contributed by atoms with E-state index in [4.69, 9.17) is 5.73 Å². The van der Waals surface area contributed by atoms with Crippen molar-refractivity contribution in [1.29, 1.82) is 0 Å². The molecule has 2 N–H and O–H groups in total. The largest absolute Gasteiger partial charge is 0.399 e. The van der Waals surface area contributed by atoms with E-state index in [9.17, 15) is 0 Å². The number of nitrogens with two attached hydrogens (primary N) is 1. The smallest absolute Gasteiger partial charge is 0.0701 e. The lowest BCUT2D eigenvalue weighted by Gasteiger charge is -2.36. The Morgan fingerprint density at radius 3 is 1.04 bits per heavy atom. The standard InChI is InChI=1S/C25H21N.H2S/c26-24-18-16-23(17-19-24)25(20-10-4-1-5-11-20,21-12-6-2-7-13-21)22-14-8-3-9-15-22;/h1-19H,26H2;1H2. The summed E-state index contributed by atoms with van der Waals surface area (Å²) < 4.78 is 0. The van der Waals surface area contributed by atoms with Crippen LogP contribution in [0.15, 0.2) is 115 Å². The van der Waals surface area contributed by atoms with E-state index in [-0.39, 0.29) is 13.5 Å². The van der Waals surface area contributed by atoms with Gasteiger partial charge >= 0.3 is 0 Å². The summed E-state index contributed by atoms with van der Waals surface area (Å²) in [7, 11) is 0. The van der Waals surface area contributed by atoms with Gasteiger partial charge in [0.15, 0.2) is 0 Å². The predicted molar refractivity (Wildman–Crippen MR) is 120 cm³/mol. The molecular weight excluding hydrogens is 346 g/mol. The molecule has 0 aliphatic heterocycles. The quantitative estimate of drug-likeness (QED) is 0.359. The van der Waals surface area contributed by atoms with Crippen LogP contribution in [0.4, 0.5) is 5.69 Å². The van der Waals surface area contributed by atoms with E-state index in [1.165, 1.54) is 22.3 Å². The number of nitrogen functional groups attached to an aromatic ring is 1. The first-order valence-corrected chi connectivity index (χ1v) is 8.84. The van der Waals surface area contributed by atoms with E-state index in [0.717, 1.165) is 5.69 Å². The third-order valence-electron chi connectivity index (χ3n) is 4.96. The number of hydrogen-bond donors (Lipinski definition) is 1. The molecule has 0 unspecified atom stereocenters. The molecule has 4 rings (SSSR count). The molecule has 0 radical (unpaired) electrons. The first kappa shape index (κ1) is 18.8. The first-order valence-electron chi connectivity index (χ1n) is 8.84. The maximum Gasteiger partial charge on any atom is 0.0701 e. The summed E-state index contributed by atoms with van der Waals surface area (Å²) in [6, 6.07) is 40.3. The third-order valence-corrected chi connectivity index (χ3v) is 4.96. The SMILES string of the molecule is Nc1ccc(C(c2ccccc2)(c2ccccc2)c2ccccc2)cc1.S. The van der Waals surface area contributed by atoms with E-state index in [0.29, 0.717) is 0 Å². The molecule has 4 aromatic rings. The van der Waals surface area contributed by atoms with Gasteiger partial charge in [0, 0.05) is 5.69 Å². The van der Waals surface area contributed by atoms with Gasteiger partial charge in [-0.15, -0.1) is 0 Å². The summed E-state index contributed by atoms with van der Waals surface area (Å²) in [5, 5.41) is 0. The van der Waals surface area contributed by atoms with Gasteiger partial charge in [0.2, 0.25) is 0 Å². The summed E-state index contributed by atoms with van der Waals surface area (Å²) in [6.45, 7) is 0. The molecule has 0 bridgehead atoms. The summed E-state index contributed by atoms with van der Waals surface area (Å²) in [5.74, 6) is 0. The highest BCUT2D eigenvalue weighted by Crippen LogP contribution is 2.44. The third kappa shape index (κ3) is 3.36. The molecule has 2 heteroatoms. The lowest BCUT2D eigenvalue weighted by atomic mass is 9.65. The van der Waals surface area contributed by atoms with E-state index in [1.54, 1.807) is 0 Å². The van der Waals surface area contributed by atoms with Crippen LogP contribution < -0.4 is 5.73 Å². The van der Waals surface area contributed by atoms with Gasteiger partial charge < -0.3 is 5.73 Å². The number of hydrogen-bond acceptors (Lipinski definition) is 1. The zero-order chi connectivity index (χ0) is 17.8. The maximum atomic E-state index is 5.99. The van der Waals surface area contributed by atoms with Gasteiger partial charge in [0.25, 0.3) is 0 Å². The fraction of sp³-hybridized carbons (Fsp3) is 0.0400. The molecule has 0 aromatic heterocycles. The van der Waals surface area contributed by atoms with Crippen molar-refractivity contribution in [2.45, 2.75) is 5.41 Å². The van der Waals surface area contributed by atoms with Crippen molar-refractivity contribution in [2.75, 3.05) is 5.73 Å². The van der Waals surface area contributed by atoms with Crippen molar-refractivity contribution in [3.8, 4) is 0 Å². The van der Waals surface area contributed by atoms with Crippen molar-refractivity contribution in [2.24, 2.45) is 0 Å². The Morgan fingerprint density at radius 2 is 0.704 bits per heavy atom. The van der Waals surface area contributed by atoms with Gasteiger partial charge in [0.05, 0.1) is 5.41 Å². The maximum absolute atomic E-state index is 5.99. The average molecular weight is 370 g/mol. The fourth-order valence-electron chi connectivity index (χ4n) is 3.80. The Morgan fingerprint density at radius 1 is 0.407 bits per heavy atom. The second-order valence-electron chi connectivity index (χ2n) is 6.47. The molecule has 134 valence electrons. The van der Waals surface area contributed by atoms with Crippen molar-refractivity contribution in [1.82, 2.24) is 0 Å². The van der Waals surface area contributed by atoms with E-state index < -0.39 is 5.41 Å². The molecule has 0 atom stereocenters. The Hall–Kier alpha value is -2.97. The zero-order valence-electron chi connectivity index (χ0n) is 15.0. The minimum absolute atomic E-state index is 0. The van der Waals surface area contributed by atoms with Gasteiger partial charge in [-0.05, 0) is 34.4 Å². The minimum atomic E-state index is -0.391. The Balaban J connectivity index is 0.00000210. The fourth-order valence-corrected chi connectivity index (χ4v) is 3.80. The lowest BCUT2D eigenvalue weighted by Crippen LogP contribution is -2.30. The van der Waals surface area contributed by atoms with Gasteiger partial charge in [0.1, 0.15) is 0 Å². The normalized spacial score (nSPS) is 10.8. The number of benzene rings is 4. The highest BCUT2D eigenvalue weighted by atomic mass is 32.1. The predicted octanol–water partition coefficient (Wildman–Crippen LogP) is 5.76. The molecule has 27 heavy (non-hydrogen) atoms.